The predicted octanol–water partition coefficient (Wildman–Crippen LogP) is 3.56. The maximum absolute atomic E-state index is 5.54. The number of ether oxygens (including phenoxy) is 1. The molecule has 5 heterocycles. The second-order valence-corrected chi connectivity index (χ2v) is 7.83. The van der Waals surface area contributed by atoms with Crippen molar-refractivity contribution in [3.63, 3.8) is 0 Å². The molecule has 0 bridgehead atoms. The zero-order valence-electron chi connectivity index (χ0n) is 17.8. The van der Waals surface area contributed by atoms with E-state index in [0.717, 1.165) is 46.9 Å². The fourth-order valence-corrected chi connectivity index (χ4v) is 4.02. The van der Waals surface area contributed by atoms with E-state index in [2.05, 4.69) is 37.5 Å². The van der Waals surface area contributed by atoms with Crippen LogP contribution in [0.25, 0.3) is 27.8 Å². The fraction of sp³-hybridized carbons (Fsp3) is 0.167. The van der Waals surface area contributed by atoms with Crippen molar-refractivity contribution in [3.05, 3.63) is 72.7 Å². The maximum Gasteiger partial charge on any atom is 0.160 e. The Balaban J connectivity index is 1.34. The van der Waals surface area contributed by atoms with Gasteiger partial charge in [-0.1, -0.05) is 12.1 Å². The number of anilines is 2. The lowest BCUT2D eigenvalue weighted by molar-refractivity contribution is 0.122. The predicted molar refractivity (Wildman–Crippen MR) is 129 cm³/mol. The number of aromatic nitrogens is 5. The summed E-state index contributed by atoms with van der Waals surface area (Å²) in [6.07, 6.45) is 7.26. The molecule has 0 unspecified atom stereocenters. The van der Waals surface area contributed by atoms with Crippen LogP contribution in [-0.2, 0) is 4.74 Å². The Bertz CT molecular complexity index is 1430. The molecule has 0 atom stereocenters. The highest BCUT2D eigenvalue weighted by Gasteiger charge is 2.18. The van der Waals surface area contributed by atoms with Gasteiger partial charge in [-0.05, 0) is 35.2 Å². The van der Waals surface area contributed by atoms with Gasteiger partial charge in [0.25, 0.3) is 0 Å². The number of hydrazone groups is 1. The molecule has 1 aromatic carbocycles. The summed E-state index contributed by atoms with van der Waals surface area (Å²) >= 11 is 0. The largest absolute Gasteiger partial charge is 0.378 e. The van der Waals surface area contributed by atoms with Gasteiger partial charge in [-0.15, -0.1) is 0 Å². The van der Waals surface area contributed by atoms with Crippen LogP contribution in [-0.4, -0.2) is 57.1 Å². The van der Waals surface area contributed by atoms with E-state index in [9.17, 15) is 0 Å². The molecule has 0 saturated carbocycles. The van der Waals surface area contributed by atoms with Crippen LogP contribution in [0.1, 0.15) is 5.56 Å². The molecule has 0 radical (unpaired) electrons. The monoisotopic (exact) mass is 438 g/mol. The van der Waals surface area contributed by atoms with Crippen molar-refractivity contribution in [2.24, 2.45) is 5.10 Å². The van der Waals surface area contributed by atoms with Crippen molar-refractivity contribution in [1.29, 1.82) is 0 Å². The number of H-pyrrole nitrogens is 1. The van der Waals surface area contributed by atoms with E-state index < -0.39 is 0 Å². The first-order valence-electron chi connectivity index (χ1n) is 10.8. The summed E-state index contributed by atoms with van der Waals surface area (Å²) in [6, 6.07) is 16.1. The number of hydrogen-bond donors (Lipinski definition) is 2. The van der Waals surface area contributed by atoms with Crippen LogP contribution in [0, 0.1) is 0 Å². The van der Waals surface area contributed by atoms with E-state index in [1.165, 1.54) is 5.39 Å². The van der Waals surface area contributed by atoms with Crippen LogP contribution in [0.4, 0.5) is 11.6 Å². The quantitative estimate of drug-likeness (QED) is 0.322. The topological polar surface area (TPSA) is 95.7 Å². The summed E-state index contributed by atoms with van der Waals surface area (Å²) in [4.78, 5) is 14.3. The minimum atomic E-state index is 0.655. The minimum Gasteiger partial charge on any atom is -0.378 e. The average molecular weight is 438 g/mol. The van der Waals surface area contributed by atoms with Gasteiger partial charge >= 0.3 is 0 Å². The van der Waals surface area contributed by atoms with Crippen molar-refractivity contribution in [2.45, 2.75) is 0 Å². The van der Waals surface area contributed by atoms with E-state index in [1.54, 1.807) is 18.6 Å². The van der Waals surface area contributed by atoms with Crippen LogP contribution in [0.15, 0.2) is 72.2 Å². The smallest absolute Gasteiger partial charge is 0.160 e. The molecule has 6 rings (SSSR count). The highest BCUT2D eigenvalue weighted by molar-refractivity contribution is 5.89. The summed E-state index contributed by atoms with van der Waals surface area (Å²) < 4.78 is 7.43. The van der Waals surface area contributed by atoms with Gasteiger partial charge in [-0.2, -0.15) is 14.7 Å². The summed E-state index contributed by atoms with van der Waals surface area (Å²) in [5, 5.41) is 10.4. The van der Waals surface area contributed by atoms with E-state index in [0.29, 0.717) is 19.0 Å². The Morgan fingerprint density at radius 3 is 2.79 bits per heavy atom. The lowest BCUT2D eigenvalue weighted by atomic mass is 10.2. The molecule has 33 heavy (non-hydrogen) atoms. The summed E-state index contributed by atoms with van der Waals surface area (Å²) in [5.74, 6) is 1.61. The van der Waals surface area contributed by atoms with Gasteiger partial charge < -0.3 is 14.6 Å². The molecule has 0 aliphatic carbocycles. The minimum absolute atomic E-state index is 0.655. The third kappa shape index (κ3) is 3.90. The number of morpholine rings is 1. The number of fused-ring (bicyclic) bond motifs is 2. The molecular formula is C24H22N8O. The zero-order chi connectivity index (χ0) is 22.0. The molecule has 9 nitrogen and oxygen atoms in total. The second-order valence-electron chi connectivity index (χ2n) is 7.83. The zero-order valence-corrected chi connectivity index (χ0v) is 17.8. The highest BCUT2D eigenvalue weighted by Crippen LogP contribution is 2.25. The van der Waals surface area contributed by atoms with E-state index in [-0.39, 0.29) is 0 Å². The fourth-order valence-electron chi connectivity index (χ4n) is 4.02. The Morgan fingerprint density at radius 1 is 1.03 bits per heavy atom. The Kier molecular flexibility index (Phi) is 4.93. The molecule has 0 amide bonds. The van der Waals surface area contributed by atoms with Gasteiger partial charge in [0.05, 0.1) is 25.1 Å². The van der Waals surface area contributed by atoms with E-state index in [1.807, 2.05) is 47.1 Å². The highest BCUT2D eigenvalue weighted by atomic mass is 16.5. The normalized spacial score (nSPS) is 14.5. The van der Waals surface area contributed by atoms with Gasteiger partial charge in [0.15, 0.2) is 11.5 Å². The van der Waals surface area contributed by atoms with Crippen LogP contribution in [0.2, 0.25) is 0 Å². The standard InChI is InChI=1S/C24H22N8O/c1-2-18-5-8-26-20(18)13-17(1)16-27-29-22-15-24(31-9-11-33-12-10-31)32-23(28-22)14-21(30-32)19-3-6-25-7-4-19/h1-8,13-16,26H,9-12H2,(H,28,29). The Hall–Kier alpha value is -4.24. The van der Waals surface area contributed by atoms with Crippen molar-refractivity contribution in [2.75, 3.05) is 36.6 Å². The van der Waals surface area contributed by atoms with E-state index in [4.69, 9.17) is 14.8 Å². The van der Waals surface area contributed by atoms with Crippen molar-refractivity contribution >= 4 is 34.4 Å². The Labute approximate surface area is 189 Å². The summed E-state index contributed by atoms with van der Waals surface area (Å²) in [6.45, 7) is 2.96. The van der Waals surface area contributed by atoms with E-state index >= 15 is 0 Å². The van der Waals surface area contributed by atoms with Crippen molar-refractivity contribution < 1.29 is 4.74 Å². The lowest BCUT2D eigenvalue weighted by Crippen LogP contribution is -2.37. The molecular weight excluding hydrogens is 416 g/mol. The Morgan fingerprint density at radius 2 is 1.91 bits per heavy atom. The third-order valence-electron chi connectivity index (χ3n) is 5.69. The molecule has 1 saturated heterocycles. The molecule has 1 fully saturated rings. The van der Waals surface area contributed by atoms with Gasteiger partial charge in [-0.3, -0.25) is 10.4 Å². The molecule has 2 N–H and O–H groups in total. The SMILES string of the molecule is C(=NNc1cc(N2CCOCC2)n2nc(-c3ccncc3)cc2n1)c1ccc2cc[nH]c2c1. The summed E-state index contributed by atoms with van der Waals surface area (Å²) in [5.41, 5.74) is 7.76. The number of aromatic amines is 1. The van der Waals surface area contributed by atoms with Gasteiger partial charge in [0.2, 0.25) is 0 Å². The molecule has 4 aromatic heterocycles. The second kappa shape index (κ2) is 8.36. The first kappa shape index (κ1) is 19.4. The number of rotatable bonds is 5. The number of nitrogens with one attached hydrogen (secondary N) is 2. The molecule has 0 spiro atoms. The first-order chi connectivity index (χ1) is 16.3. The van der Waals surface area contributed by atoms with Crippen LogP contribution in [0.3, 0.4) is 0 Å². The van der Waals surface area contributed by atoms with Gasteiger partial charge in [0, 0.05) is 54.9 Å². The average Bonchev–Trinajstić information content (AvgIpc) is 3.51. The number of pyridine rings is 1. The number of nitrogens with zero attached hydrogens (tertiary/aromatic N) is 6. The molecule has 1 aliphatic heterocycles. The molecule has 5 aromatic rings. The van der Waals surface area contributed by atoms with Crippen LogP contribution < -0.4 is 10.3 Å². The third-order valence-corrected chi connectivity index (χ3v) is 5.69. The molecule has 1 aliphatic rings. The number of benzene rings is 1. The molecule has 9 heteroatoms. The number of hydrogen-bond acceptors (Lipinski definition) is 7. The van der Waals surface area contributed by atoms with Crippen LogP contribution >= 0.6 is 0 Å². The van der Waals surface area contributed by atoms with Gasteiger partial charge in [0.1, 0.15) is 5.82 Å². The lowest BCUT2D eigenvalue weighted by Gasteiger charge is -2.29. The van der Waals surface area contributed by atoms with Crippen molar-refractivity contribution in [3.8, 4) is 11.3 Å². The molecule has 164 valence electrons. The first-order valence-corrected chi connectivity index (χ1v) is 10.8. The van der Waals surface area contributed by atoms with Crippen LogP contribution in [0.5, 0.6) is 0 Å². The summed E-state index contributed by atoms with van der Waals surface area (Å²) in [7, 11) is 0. The maximum atomic E-state index is 5.54. The van der Waals surface area contributed by atoms with Crippen molar-refractivity contribution in [1.82, 2.24) is 24.6 Å². The van der Waals surface area contributed by atoms with Gasteiger partial charge in [-0.25, -0.2) is 4.98 Å².